The third kappa shape index (κ3) is 4.58. The summed E-state index contributed by atoms with van der Waals surface area (Å²) in [6, 6.07) is 4.43. The van der Waals surface area contributed by atoms with E-state index in [1.54, 1.807) is 12.1 Å². The first-order valence-corrected chi connectivity index (χ1v) is 7.49. The molecule has 2 atom stereocenters. The lowest BCUT2D eigenvalue weighted by molar-refractivity contribution is 0.438. The lowest BCUT2D eigenvalue weighted by Gasteiger charge is -2.20. The maximum absolute atomic E-state index is 13.6. The molecule has 1 aromatic rings. The summed E-state index contributed by atoms with van der Waals surface area (Å²) in [7, 11) is 0. The van der Waals surface area contributed by atoms with E-state index >= 15 is 0 Å². The van der Waals surface area contributed by atoms with Gasteiger partial charge in [0.25, 0.3) is 0 Å². The largest absolute Gasteiger partial charge is 0.308 e. The van der Waals surface area contributed by atoms with E-state index < -0.39 is 11.6 Å². The second kappa shape index (κ2) is 7.74. The van der Waals surface area contributed by atoms with Crippen LogP contribution in [0.1, 0.15) is 38.8 Å². The fraction of sp³-hybridized carbons (Fsp3) is 0.571. The zero-order valence-electron chi connectivity index (χ0n) is 11.2. The molecule has 0 saturated heterocycles. The quantitative estimate of drug-likeness (QED) is 0.749. The van der Waals surface area contributed by atoms with Crippen molar-refractivity contribution in [3.05, 3.63) is 35.4 Å². The van der Waals surface area contributed by atoms with Crippen molar-refractivity contribution in [2.75, 3.05) is 11.5 Å². The van der Waals surface area contributed by atoms with Crippen LogP contribution in [-0.4, -0.2) is 17.5 Å². The molecule has 4 heteroatoms. The molecule has 0 saturated carbocycles. The minimum atomic E-state index is -0.782. The topological polar surface area (TPSA) is 12.0 Å². The SMILES string of the molecule is CCSCCC(C)NC(C)c1cccc(F)c1F. The number of nitrogens with one attached hydrogen (secondary N) is 1. The van der Waals surface area contributed by atoms with Crippen LogP contribution in [0.25, 0.3) is 0 Å². The van der Waals surface area contributed by atoms with Crippen molar-refractivity contribution in [3.8, 4) is 0 Å². The molecule has 0 aromatic heterocycles. The van der Waals surface area contributed by atoms with Crippen LogP contribution in [0, 0.1) is 11.6 Å². The maximum Gasteiger partial charge on any atom is 0.163 e. The Morgan fingerprint density at radius 1 is 1.28 bits per heavy atom. The first kappa shape index (κ1) is 15.4. The Kier molecular flexibility index (Phi) is 6.65. The molecule has 0 aliphatic carbocycles. The third-order valence-corrected chi connectivity index (χ3v) is 3.81. The van der Waals surface area contributed by atoms with Gasteiger partial charge in [-0.3, -0.25) is 0 Å². The number of thioether (sulfide) groups is 1. The highest BCUT2D eigenvalue weighted by Crippen LogP contribution is 2.19. The highest BCUT2D eigenvalue weighted by molar-refractivity contribution is 7.99. The Balaban J connectivity index is 2.54. The van der Waals surface area contributed by atoms with E-state index in [2.05, 4.69) is 19.2 Å². The summed E-state index contributed by atoms with van der Waals surface area (Å²) in [6.07, 6.45) is 1.03. The highest BCUT2D eigenvalue weighted by Gasteiger charge is 2.15. The van der Waals surface area contributed by atoms with Crippen molar-refractivity contribution in [2.45, 2.75) is 39.3 Å². The molecule has 0 radical (unpaired) electrons. The van der Waals surface area contributed by atoms with Gasteiger partial charge in [0.05, 0.1) is 0 Å². The summed E-state index contributed by atoms with van der Waals surface area (Å²) >= 11 is 1.89. The Hall–Kier alpha value is -0.610. The van der Waals surface area contributed by atoms with E-state index in [9.17, 15) is 8.78 Å². The summed E-state index contributed by atoms with van der Waals surface area (Å²) in [5.74, 6) is 0.673. The minimum Gasteiger partial charge on any atom is -0.308 e. The van der Waals surface area contributed by atoms with Gasteiger partial charge in [0.1, 0.15) is 0 Å². The van der Waals surface area contributed by atoms with Crippen molar-refractivity contribution in [1.29, 1.82) is 0 Å². The second-order valence-electron chi connectivity index (χ2n) is 4.42. The first-order chi connectivity index (χ1) is 8.56. The Morgan fingerprint density at radius 3 is 2.67 bits per heavy atom. The zero-order valence-corrected chi connectivity index (χ0v) is 12.0. The summed E-state index contributed by atoms with van der Waals surface area (Å²) in [5, 5.41) is 3.30. The standard InChI is InChI=1S/C14H21F2NS/c1-4-18-9-8-10(2)17-11(3)12-6-5-7-13(15)14(12)16/h5-7,10-11,17H,4,8-9H2,1-3H3. The smallest absolute Gasteiger partial charge is 0.163 e. The molecule has 0 spiro atoms. The molecule has 0 bridgehead atoms. The molecular formula is C14H21F2NS. The van der Waals surface area contributed by atoms with E-state index in [1.807, 2.05) is 18.7 Å². The molecular weight excluding hydrogens is 252 g/mol. The maximum atomic E-state index is 13.6. The predicted octanol–water partition coefficient (Wildman–Crippen LogP) is 4.15. The van der Waals surface area contributed by atoms with Gasteiger partial charge < -0.3 is 5.32 Å². The Morgan fingerprint density at radius 2 is 2.00 bits per heavy atom. The molecule has 2 unspecified atom stereocenters. The summed E-state index contributed by atoms with van der Waals surface area (Å²) in [4.78, 5) is 0. The molecule has 1 nitrogen and oxygen atoms in total. The second-order valence-corrected chi connectivity index (χ2v) is 5.81. The van der Waals surface area contributed by atoms with Crippen LogP contribution in [-0.2, 0) is 0 Å². The fourth-order valence-corrected chi connectivity index (χ4v) is 2.67. The molecule has 0 amide bonds. The van der Waals surface area contributed by atoms with Crippen LogP contribution in [0.5, 0.6) is 0 Å². The molecule has 0 heterocycles. The number of hydrogen-bond acceptors (Lipinski definition) is 2. The monoisotopic (exact) mass is 273 g/mol. The van der Waals surface area contributed by atoms with Gasteiger partial charge in [0.2, 0.25) is 0 Å². The van der Waals surface area contributed by atoms with E-state index in [0.717, 1.165) is 24.0 Å². The van der Waals surface area contributed by atoms with Crippen molar-refractivity contribution in [3.63, 3.8) is 0 Å². The van der Waals surface area contributed by atoms with Crippen LogP contribution < -0.4 is 5.32 Å². The number of halogens is 2. The number of hydrogen-bond donors (Lipinski definition) is 1. The molecule has 102 valence electrons. The summed E-state index contributed by atoms with van der Waals surface area (Å²) in [5.41, 5.74) is 0.394. The van der Waals surface area contributed by atoms with Gasteiger partial charge in [-0.2, -0.15) is 11.8 Å². The molecule has 1 aromatic carbocycles. The van der Waals surface area contributed by atoms with Crippen LogP contribution in [0.3, 0.4) is 0 Å². The van der Waals surface area contributed by atoms with Gasteiger partial charge in [-0.1, -0.05) is 19.1 Å². The molecule has 0 fully saturated rings. The number of benzene rings is 1. The van der Waals surface area contributed by atoms with Crippen LogP contribution in [0.15, 0.2) is 18.2 Å². The molecule has 1 rings (SSSR count). The van der Waals surface area contributed by atoms with Gasteiger partial charge in [-0.05, 0) is 37.8 Å². The van der Waals surface area contributed by atoms with Gasteiger partial charge >= 0.3 is 0 Å². The average Bonchev–Trinajstić information content (AvgIpc) is 2.32. The van der Waals surface area contributed by atoms with Crippen LogP contribution in [0.4, 0.5) is 8.78 Å². The van der Waals surface area contributed by atoms with Gasteiger partial charge in [0, 0.05) is 17.6 Å². The lowest BCUT2D eigenvalue weighted by atomic mass is 10.1. The van der Waals surface area contributed by atoms with Crippen LogP contribution in [0.2, 0.25) is 0 Å². The fourth-order valence-electron chi connectivity index (χ4n) is 1.86. The summed E-state index contributed by atoms with van der Waals surface area (Å²) < 4.78 is 26.7. The van der Waals surface area contributed by atoms with Crippen molar-refractivity contribution in [2.24, 2.45) is 0 Å². The molecule has 18 heavy (non-hydrogen) atoms. The van der Waals surface area contributed by atoms with Crippen LogP contribution >= 0.6 is 11.8 Å². The van der Waals surface area contributed by atoms with Crippen molar-refractivity contribution in [1.82, 2.24) is 5.32 Å². The van der Waals surface area contributed by atoms with Crippen molar-refractivity contribution < 1.29 is 8.78 Å². The molecule has 1 N–H and O–H groups in total. The number of rotatable bonds is 7. The lowest BCUT2D eigenvalue weighted by Crippen LogP contribution is -2.30. The molecule has 0 aliphatic rings. The predicted molar refractivity (Wildman–Crippen MR) is 75.0 cm³/mol. The first-order valence-electron chi connectivity index (χ1n) is 6.34. The van der Waals surface area contributed by atoms with E-state index in [-0.39, 0.29) is 6.04 Å². The van der Waals surface area contributed by atoms with Gasteiger partial charge in [0.15, 0.2) is 11.6 Å². The van der Waals surface area contributed by atoms with Gasteiger partial charge in [-0.25, -0.2) is 8.78 Å². The summed E-state index contributed by atoms with van der Waals surface area (Å²) in [6.45, 7) is 6.07. The molecule has 0 aliphatic heterocycles. The third-order valence-electron chi connectivity index (χ3n) is 2.88. The Labute approximate surface area is 112 Å². The highest BCUT2D eigenvalue weighted by atomic mass is 32.2. The Bertz CT molecular complexity index is 371. The zero-order chi connectivity index (χ0) is 13.5. The van der Waals surface area contributed by atoms with E-state index in [0.29, 0.717) is 11.6 Å². The van der Waals surface area contributed by atoms with E-state index in [1.165, 1.54) is 0 Å². The minimum absolute atomic E-state index is 0.178. The normalized spacial score (nSPS) is 14.5. The van der Waals surface area contributed by atoms with Crippen molar-refractivity contribution >= 4 is 11.8 Å². The average molecular weight is 273 g/mol. The van der Waals surface area contributed by atoms with E-state index in [4.69, 9.17) is 0 Å². The van der Waals surface area contributed by atoms with Gasteiger partial charge in [-0.15, -0.1) is 0 Å².